The van der Waals surface area contributed by atoms with Crippen LogP contribution in [0.15, 0.2) is 42.5 Å². The van der Waals surface area contributed by atoms with E-state index >= 15 is 0 Å². The minimum absolute atomic E-state index is 0.641. The van der Waals surface area contributed by atoms with Gasteiger partial charge in [-0.25, -0.2) is 0 Å². The molecular formula is C14H18O. The third-order valence-corrected chi connectivity index (χ3v) is 3.14. The van der Waals surface area contributed by atoms with Gasteiger partial charge in [-0.2, -0.15) is 0 Å². The van der Waals surface area contributed by atoms with E-state index in [-0.39, 0.29) is 0 Å². The lowest BCUT2D eigenvalue weighted by atomic mass is 9.84. The summed E-state index contributed by atoms with van der Waals surface area (Å²) in [6.07, 6.45) is 9.38. The standard InChI is InChI=1S/C14H18O/c15-14(13-9-5-4-6-10-13)11-7-2-1-3-8-12-14/h2,4-7,9-10,15H,1,3,8,11-12H2/b7-2-. The van der Waals surface area contributed by atoms with Crippen molar-refractivity contribution < 1.29 is 5.11 Å². The molecule has 2 rings (SSSR count). The molecule has 1 aromatic rings. The first-order valence-corrected chi connectivity index (χ1v) is 5.74. The summed E-state index contributed by atoms with van der Waals surface area (Å²) in [6, 6.07) is 10.0. The van der Waals surface area contributed by atoms with E-state index < -0.39 is 5.60 Å². The van der Waals surface area contributed by atoms with Crippen molar-refractivity contribution in [2.45, 2.75) is 37.7 Å². The molecule has 1 aromatic carbocycles. The summed E-state index contributed by atoms with van der Waals surface area (Å²) >= 11 is 0. The van der Waals surface area contributed by atoms with Crippen molar-refractivity contribution in [3.8, 4) is 0 Å². The molecule has 1 N–H and O–H groups in total. The third-order valence-electron chi connectivity index (χ3n) is 3.14. The highest BCUT2D eigenvalue weighted by molar-refractivity contribution is 5.23. The number of allylic oxidation sites excluding steroid dienone is 1. The maximum absolute atomic E-state index is 10.6. The van der Waals surface area contributed by atoms with Crippen molar-refractivity contribution in [3.63, 3.8) is 0 Å². The Morgan fingerprint density at radius 2 is 1.80 bits per heavy atom. The first-order valence-electron chi connectivity index (χ1n) is 5.74. The first kappa shape index (κ1) is 10.4. The zero-order valence-corrected chi connectivity index (χ0v) is 9.02. The van der Waals surface area contributed by atoms with Crippen molar-refractivity contribution in [2.24, 2.45) is 0 Å². The van der Waals surface area contributed by atoms with E-state index in [1.165, 1.54) is 6.42 Å². The second-order valence-corrected chi connectivity index (χ2v) is 4.32. The van der Waals surface area contributed by atoms with E-state index in [2.05, 4.69) is 12.2 Å². The van der Waals surface area contributed by atoms with Gasteiger partial charge in [0.2, 0.25) is 0 Å². The van der Waals surface area contributed by atoms with Crippen molar-refractivity contribution >= 4 is 0 Å². The van der Waals surface area contributed by atoms with Crippen molar-refractivity contribution in [1.29, 1.82) is 0 Å². The van der Waals surface area contributed by atoms with Crippen LogP contribution >= 0.6 is 0 Å². The van der Waals surface area contributed by atoms with Gasteiger partial charge in [0, 0.05) is 0 Å². The molecule has 0 saturated carbocycles. The summed E-state index contributed by atoms with van der Waals surface area (Å²) in [6.45, 7) is 0. The van der Waals surface area contributed by atoms with E-state index in [1.54, 1.807) is 0 Å². The molecular weight excluding hydrogens is 184 g/mol. The molecule has 0 saturated heterocycles. The summed E-state index contributed by atoms with van der Waals surface area (Å²) in [5.74, 6) is 0. The lowest BCUT2D eigenvalue weighted by Crippen LogP contribution is -2.25. The Morgan fingerprint density at radius 1 is 1.00 bits per heavy atom. The van der Waals surface area contributed by atoms with Crippen LogP contribution in [-0.2, 0) is 5.60 Å². The molecule has 0 amide bonds. The highest BCUT2D eigenvalue weighted by atomic mass is 16.3. The molecule has 0 heterocycles. The summed E-state index contributed by atoms with van der Waals surface area (Å²) in [7, 11) is 0. The summed E-state index contributed by atoms with van der Waals surface area (Å²) in [5, 5.41) is 10.6. The van der Waals surface area contributed by atoms with E-state index in [1.807, 2.05) is 30.3 Å². The molecule has 0 aliphatic heterocycles. The SMILES string of the molecule is OC1(c2ccccc2)C/C=C\CCCC1. The molecule has 1 heteroatoms. The predicted molar refractivity (Wildman–Crippen MR) is 62.6 cm³/mol. The van der Waals surface area contributed by atoms with Gasteiger partial charge in [0.05, 0.1) is 5.60 Å². The van der Waals surface area contributed by atoms with E-state index in [9.17, 15) is 5.11 Å². The topological polar surface area (TPSA) is 20.2 Å². The van der Waals surface area contributed by atoms with Crippen LogP contribution in [0.5, 0.6) is 0 Å². The normalized spacial score (nSPS) is 29.1. The van der Waals surface area contributed by atoms with Gasteiger partial charge in [0.15, 0.2) is 0 Å². The minimum Gasteiger partial charge on any atom is -0.385 e. The number of aliphatic hydroxyl groups is 1. The summed E-state index contributed by atoms with van der Waals surface area (Å²) < 4.78 is 0. The Kier molecular flexibility index (Phi) is 3.22. The van der Waals surface area contributed by atoms with Gasteiger partial charge >= 0.3 is 0 Å². The van der Waals surface area contributed by atoms with Crippen molar-refractivity contribution in [2.75, 3.05) is 0 Å². The van der Waals surface area contributed by atoms with E-state index in [4.69, 9.17) is 0 Å². The zero-order chi connectivity index (χ0) is 10.6. The second kappa shape index (κ2) is 4.63. The summed E-state index contributed by atoms with van der Waals surface area (Å²) in [5.41, 5.74) is 0.412. The fraction of sp³-hybridized carbons (Fsp3) is 0.429. The van der Waals surface area contributed by atoms with Crippen LogP contribution < -0.4 is 0 Å². The molecule has 0 fully saturated rings. The molecule has 15 heavy (non-hydrogen) atoms. The average molecular weight is 202 g/mol. The van der Waals surface area contributed by atoms with Crippen molar-refractivity contribution in [1.82, 2.24) is 0 Å². The van der Waals surface area contributed by atoms with Crippen LogP contribution in [0.4, 0.5) is 0 Å². The van der Waals surface area contributed by atoms with E-state index in [0.29, 0.717) is 0 Å². The predicted octanol–water partition coefficient (Wildman–Crippen LogP) is 3.39. The number of benzene rings is 1. The Bertz CT molecular complexity index is 328. The van der Waals surface area contributed by atoms with Gasteiger partial charge < -0.3 is 5.11 Å². The first-order chi connectivity index (χ1) is 7.31. The quantitative estimate of drug-likeness (QED) is 0.692. The largest absolute Gasteiger partial charge is 0.385 e. The molecule has 1 unspecified atom stereocenters. The number of rotatable bonds is 1. The lowest BCUT2D eigenvalue weighted by molar-refractivity contribution is 0.0268. The van der Waals surface area contributed by atoms with Crippen LogP contribution in [0.1, 0.15) is 37.7 Å². The van der Waals surface area contributed by atoms with Crippen LogP contribution in [0.25, 0.3) is 0 Å². The fourth-order valence-corrected chi connectivity index (χ4v) is 2.19. The monoisotopic (exact) mass is 202 g/mol. The maximum Gasteiger partial charge on any atom is 0.0930 e. The molecule has 1 aliphatic rings. The van der Waals surface area contributed by atoms with Gasteiger partial charge in [-0.1, -0.05) is 42.5 Å². The summed E-state index contributed by atoms with van der Waals surface area (Å²) in [4.78, 5) is 0. The maximum atomic E-state index is 10.6. The molecule has 0 spiro atoms. The molecule has 0 bridgehead atoms. The van der Waals surface area contributed by atoms with E-state index in [0.717, 1.165) is 31.2 Å². The fourth-order valence-electron chi connectivity index (χ4n) is 2.19. The highest BCUT2D eigenvalue weighted by Crippen LogP contribution is 2.32. The number of hydrogen-bond acceptors (Lipinski definition) is 1. The van der Waals surface area contributed by atoms with Gasteiger partial charge in [-0.05, 0) is 37.7 Å². The molecule has 1 aliphatic carbocycles. The van der Waals surface area contributed by atoms with Gasteiger partial charge in [0.1, 0.15) is 0 Å². The van der Waals surface area contributed by atoms with Gasteiger partial charge in [-0.15, -0.1) is 0 Å². The Hall–Kier alpha value is -1.08. The molecule has 0 radical (unpaired) electrons. The third kappa shape index (κ3) is 2.48. The molecule has 0 aromatic heterocycles. The Morgan fingerprint density at radius 3 is 2.60 bits per heavy atom. The molecule has 1 atom stereocenters. The van der Waals surface area contributed by atoms with Crippen LogP contribution in [-0.4, -0.2) is 5.11 Å². The van der Waals surface area contributed by atoms with Crippen LogP contribution in [0, 0.1) is 0 Å². The zero-order valence-electron chi connectivity index (χ0n) is 9.02. The van der Waals surface area contributed by atoms with Crippen molar-refractivity contribution in [3.05, 3.63) is 48.0 Å². The van der Waals surface area contributed by atoms with Crippen LogP contribution in [0.2, 0.25) is 0 Å². The van der Waals surface area contributed by atoms with Gasteiger partial charge in [0.25, 0.3) is 0 Å². The van der Waals surface area contributed by atoms with Gasteiger partial charge in [-0.3, -0.25) is 0 Å². The Labute approximate surface area is 91.4 Å². The number of hydrogen-bond donors (Lipinski definition) is 1. The second-order valence-electron chi connectivity index (χ2n) is 4.32. The average Bonchev–Trinajstić information content (AvgIpc) is 2.25. The minimum atomic E-state index is -0.641. The Balaban J connectivity index is 2.23. The highest BCUT2D eigenvalue weighted by Gasteiger charge is 2.27. The van der Waals surface area contributed by atoms with Crippen LogP contribution in [0.3, 0.4) is 0 Å². The molecule has 80 valence electrons. The smallest absolute Gasteiger partial charge is 0.0930 e. The lowest BCUT2D eigenvalue weighted by Gasteiger charge is -2.28. The molecule has 1 nitrogen and oxygen atoms in total.